The number of methoxy groups -OCH3 is 1. The van der Waals surface area contributed by atoms with E-state index in [0.29, 0.717) is 18.5 Å². The summed E-state index contributed by atoms with van der Waals surface area (Å²) in [5, 5.41) is 22.7. The molecule has 0 radical (unpaired) electrons. The summed E-state index contributed by atoms with van der Waals surface area (Å²) in [7, 11) is 3.04. The van der Waals surface area contributed by atoms with Gasteiger partial charge in [-0.25, -0.2) is 4.79 Å². The minimum Gasteiger partial charge on any atom is -0.465 e. The van der Waals surface area contributed by atoms with Gasteiger partial charge in [0.1, 0.15) is 6.10 Å². The Kier molecular flexibility index (Phi) is 5.75. The minimum atomic E-state index is -1.04. The van der Waals surface area contributed by atoms with Crippen molar-refractivity contribution < 1.29 is 19.7 Å². The number of benzene rings is 1. The number of nitrogen functional groups attached to an aromatic ring is 1. The highest BCUT2D eigenvalue weighted by Crippen LogP contribution is 2.23. The first-order valence-electron chi connectivity index (χ1n) is 5.99. The third-order valence-corrected chi connectivity index (χ3v) is 2.88. The van der Waals surface area contributed by atoms with E-state index in [2.05, 4.69) is 10.1 Å². The minimum absolute atomic E-state index is 0.212. The first-order valence-corrected chi connectivity index (χ1v) is 5.99. The van der Waals surface area contributed by atoms with Crippen LogP contribution in [-0.4, -0.2) is 43.0 Å². The van der Waals surface area contributed by atoms with E-state index in [9.17, 15) is 15.0 Å². The van der Waals surface area contributed by atoms with Crippen molar-refractivity contribution in [1.29, 1.82) is 0 Å². The lowest BCUT2D eigenvalue weighted by Gasteiger charge is -2.18. The summed E-state index contributed by atoms with van der Waals surface area (Å²) in [5.41, 5.74) is 6.65. The number of rotatable bonds is 6. The molecule has 1 aromatic rings. The quantitative estimate of drug-likeness (QED) is 0.429. The van der Waals surface area contributed by atoms with E-state index >= 15 is 0 Å². The lowest BCUT2D eigenvalue weighted by atomic mass is 9.99. The van der Waals surface area contributed by atoms with Gasteiger partial charge in [-0.15, -0.1) is 0 Å². The molecule has 0 spiro atoms. The van der Waals surface area contributed by atoms with Crippen molar-refractivity contribution in [1.82, 2.24) is 5.32 Å². The molecule has 1 aromatic carbocycles. The van der Waals surface area contributed by atoms with Crippen molar-refractivity contribution in [3.8, 4) is 0 Å². The second-order valence-corrected chi connectivity index (χ2v) is 4.24. The maximum Gasteiger partial charge on any atom is 0.339 e. The van der Waals surface area contributed by atoms with Gasteiger partial charge >= 0.3 is 5.97 Å². The van der Waals surface area contributed by atoms with Gasteiger partial charge < -0.3 is 26.0 Å². The third-order valence-electron chi connectivity index (χ3n) is 2.88. The van der Waals surface area contributed by atoms with Crippen molar-refractivity contribution in [3.05, 3.63) is 29.3 Å². The molecule has 0 heterocycles. The maximum absolute atomic E-state index is 11.4. The summed E-state index contributed by atoms with van der Waals surface area (Å²) in [6, 6.07) is 4.50. The Morgan fingerprint density at radius 1 is 1.47 bits per heavy atom. The molecule has 1 rings (SSSR count). The number of anilines is 1. The van der Waals surface area contributed by atoms with Crippen molar-refractivity contribution in [2.24, 2.45) is 0 Å². The van der Waals surface area contributed by atoms with Gasteiger partial charge in [0.15, 0.2) is 0 Å². The summed E-state index contributed by atoms with van der Waals surface area (Å²) < 4.78 is 4.58. The predicted molar refractivity (Wildman–Crippen MR) is 71.7 cm³/mol. The van der Waals surface area contributed by atoms with Crippen LogP contribution in [0.3, 0.4) is 0 Å². The van der Waals surface area contributed by atoms with E-state index < -0.39 is 18.2 Å². The van der Waals surface area contributed by atoms with Crippen LogP contribution >= 0.6 is 0 Å². The lowest BCUT2D eigenvalue weighted by molar-refractivity contribution is 0.0140. The van der Waals surface area contributed by atoms with Gasteiger partial charge in [0.05, 0.1) is 18.8 Å². The van der Waals surface area contributed by atoms with Crippen LogP contribution in [0.2, 0.25) is 0 Å². The summed E-state index contributed by atoms with van der Waals surface area (Å²) in [5.74, 6) is -0.533. The van der Waals surface area contributed by atoms with Crippen LogP contribution in [0.15, 0.2) is 18.2 Å². The van der Waals surface area contributed by atoms with Gasteiger partial charge in [-0.05, 0) is 37.7 Å². The van der Waals surface area contributed by atoms with Crippen LogP contribution in [0.1, 0.15) is 28.4 Å². The van der Waals surface area contributed by atoms with Gasteiger partial charge in [-0.3, -0.25) is 0 Å². The molecule has 0 saturated carbocycles. The fourth-order valence-electron chi connectivity index (χ4n) is 1.73. The molecule has 0 bridgehead atoms. The Morgan fingerprint density at radius 3 is 2.68 bits per heavy atom. The summed E-state index contributed by atoms with van der Waals surface area (Å²) in [6.45, 7) is 0.591. The number of aliphatic hydroxyl groups is 2. The van der Waals surface area contributed by atoms with Gasteiger partial charge in [0.25, 0.3) is 0 Å². The number of carbonyl (C=O) groups excluding carboxylic acids is 1. The Morgan fingerprint density at radius 2 is 2.16 bits per heavy atom. The monoisotopic (exact) mass is 268 g/mol. The zero-order valence-electron chi connectivity index (χ0n) is 11.1. The van der Waals surface area contributed by atoms with Crippen molar-refractivity contribution >= 4 is 11.7 Å². The van der Waals surface area contributed by atoms with Crippen LogP contribution in [-0.2, 0) is 4.74 Å². The largest absolute Gasteiger partial charge is 0.465 e. The van der Waals surface area contributed by atoms with Crippen molar-refractivity contribution in [2.75, 3.05) is 26.4 Å². The highest BCUT2D eigenvalue weighted by atomic mass is 16.5. The molecular weight excluding hydrogens is 248 g/mol. The fraction of sp³-hybridized carbons (Fsp3) is 0.462. The van der Waals surface area contributed by atoms with Gasteiger partial charge in [0, 0.05) is 5.69 Å². The Hall–Kier alpha value is -1.63. The van der Waals surface area contributed by atoms with Crippen LogP contribution in [0, 0.1) is 0 Å². The highest BCUT2D eigenvalue weighted by molar-refractivity contribution is 5.95. The number of nitrogens with one attached hydrogen (secondary N) is 1. The predicted octanol–water partition coefficient (Wildman–Crippen LogP) is 0.0592. The average Bonchev–Trinajstić information content (AvgIpc) is 2.42. The molecule has 19 heavy (non-hydrogen) atoms. The molecule has 2 atom stereocenters. The second kappa shape index (κ2) is 7.08. The Labute approximate surface area is 112 Å². The highest BCUT2D eigenvalue weighted by Gasteiger charge is 2.19. The number of carbonyl (C=O) groups is 1. The molecule has 0 aromatic heterocycles. The molecular formula is C13H20N2O4. The Bertz CT molecular complexity index is 437. The summed E-state index contributed by atoms with van der Waals surface area (Å²) >= 11 is 0. The van der Waals surface area contributed by atoms with E-state index in [1.165, 1.54) is 19.2 Å². The molecule has 0 aliphatic carbocycles. The van der Waals surface area contributed by atoms with Crippen LogP contribution < -0.4 is 11.1 Å². The first kappa shape index (κ1) is 15.4. The molecule has 6 heteroatoms. The van der Waals surface area contributed by atoms with E-state index in [4.69, 9.17) is 5.73 Å². The number of aliphatic hydroxyl groups excluding tert-OH is 2. The summed E-state index contributed by atoms with van der Waals surface area (Å²) in [4.78, 5) is 11.4. The number of hydrogen-bond acceptors (Lipinski definition) is 6. The number of nitrogens with two attached hydrogens (primary N) is 1. The van der Waals surface area contributed by atoms with Crippen LogP contribution in [0.5, 0.6) is 0 Å². The van der Waals surface area contributed by atoms with Gasteiger partial charge in [-0.1, -0.05) is 6.07 Å². The van der Waals surface area contributed by atoms with E-state index in [1.807, 2.05) is 0 Å². The standard InChI is InChI=1S/C13H20N2O4/c1-15-6-5-11(16)12(17)8-3-4-9(10(14)7-8)13(18)19-2/h3-4,7,11-12,15-17H,5-6,14H2,1-2H3. The zero-order chi connectivity index (χ0) is 14.4. The van der Waals surface area contributed by atoms with E-state index in [-0.39, 0.29) is 11.3 Å². The van der Waals surface area contributed by atoms with Crippen molar-refractivity contribution in [2.45, 2.75) is 18.6 Å². The SMILES string of the molecule is CNCCC(O)C(O)c1ccc(C(=O)OC)c(N)c1. The molecule has 0 saturated heterocycles. The number of hydrogen-bond donors (Lipinski definition) is 4. The van der Waals surface area contributed by atoms with E-state index in [1.54, 1.807) is 13.1 Å². The number of esters is 1. The topological polar surface area (TPSA) is 105 Å². The maximum atomic E-state index is 11.4. The second-order valence-electron chi connectivity index (χ2n) is 4.24. The fourth-order valence-corrected chi connectivity index (χ4v) is 1.73. The molecule has 106 valence electrons. The van der Waals surface area contributed by atoms with Crippen molar-refractivity contribution in [3.63, 3.8) is 0 Å². The molecule has 0 fully saturated rings. The van der Waals surface area contributed by atoms with Gasteiger partial charge in [-0.2, -0.15) is 0 Å². The average molecular weight is 268 g/mol. The van der Waals surface area contributed by atoms with Crippen LogP contribution in [0.25, 0.3) is 0 Å². The molecule has 0 amide bonds. The van der Waals surface area contributed by atoms with Crippen LogP contribution in [0.4, 0.5) is 5.69 Å². The number of ether oxygens (including phenoxy) is 1. The summed E-state index contributed by atoms with van der Waals surface area (Å²) in [6.07, 6.45) is -1.52. The van der Waals surface area contributed by atoms with Gasteiger partial charge in [0.2, 0.25) is 0 Å². The van der Waals surface area contributed by atoms with E-state index in [0.717, 1.165) is 0 Å². The molecule has 2 unspecified atom stereocenters. The molecule has 0 aliphatic heterocycles. The Balaban J connectivity index is 2.85. The first-order chi connectivity index (χ1) is 9.01. The normalized spacial score (nSPS) is 13.9. The molecule has 6 nitrogen and oxygen atoms in total. The smallest absolute Gasteiger partial charge is 0.339 e. The third kappa shape index (κ3) is 3.92. The lowest BCUT2D eigenvalue weighted by Crippen LogP contribution is -2.23. The molecule has 0 aliphatic rings. The zero-order valence-corrected chi connectivity index (χ0v) is 11.1. The molecule has 5 N–H and O–H groups in total.